The number of methoxy groups -OCH3 is 2. The van der Waals surface area contributed by atoms with Crippen LogP contribution in [0.5, 0.6) is 11.5 Å². The van der Waals surface area contributed by atoms with Crippen molar-refractivity contribution in [2.75, 3.05) is 32.6 Å². The Kier molecular flexibility index (Phi) is 12.0. The summed E-state index contributed by atoms with van der Waals surface area (Å²) in [5, 5.41) is 1.95. The van der Waals surface area contributed by atoms with Gasteiger partial charge in [-0.25, -0.2) is 17.8 Å². The highest BCUT2D eigenvalue weighted by Crippen LogP contribution is 2.38. The molecule has 0 unspecified atom stereocenters. The minimum absolute atomic E-state index is 0.0686. The van der Waals surface area contributed by atoms with Gasteiger partial charge < -0.3 is 19.7 Å². The van der Waals surface area contributed by atoms with E-state index in [0.717, 1.165) is 36.0 Å². The third-order valence-electron chi connectivity index (χ3n) is 9.44. The molecule has 1 amide bonds. The fourth-order valence-corrected chi connectivity index (χ4v) is 8.25. The number of hydrogen-bond acceptors (Lipinski definition) is 7. The van der Waals surface area contributed by atoms with Crippen molar-refractivity contribution in [1.29, 1.82) is 0 Å². The molecule has 1 aliphatic heterocycles. The van der Waals surface area contributed by atoms with Crippen molar-refractivity contribution >= 4 is 38.9 Å². The Morgan fingerprint density at radius 2 is 1.38 bits per heavy atom. The predicted molar refractivity (Wildman–Crippen MR) is 201 cm³/mol. The van der Waals surface area contributed by atoms with Gasteiger partial charge in [0.2, 0.25) is 0 Å². The quantitative estimate of drug-likeness (QED) is 0.126. The highest BCUT2D eigenvalue weighted by molar-refractivity contribution is 7.89. The molecular weight excluding hydrogens is 760 g/mol. The molecule has 0 bridgehead atoms. The number of amides is 1. The number of carbonyl (C=O) groups is 1. The normalized spacial score (nSPS) is 13.9. The lowest BCUT2D eigenvalue weighted by molar-refractivity contribution is -0.137. The molecule has 0 saturated carbocycles. The Bertz CT molecular complexity index is 2170. The van der Waals surface area contributed by atoms with Gasteiger partial charge in [-0.3, -0.25) is 4.79 Å². The van der Waals surface area contributed by atoms with E-state index < -0.39 is 37.7 Å². The fourth-order valence-electron chi connectivity index (χ4n) is 6.36. The molecule has 1 N–H and O–H groups in total. The van der Waals surface area contributed by atoms with Crippen molar-refractivity contribution in [2.45, 2.75) is 43.1 Å². The van der Waals surface area contributed by atoms with Crippen molar-refractivity contribution in [1.82, 2.24) is 14.2 Å². The van der Waals surface area contributed by atoms with Crippen LogP contribution in [-0.2, 0) is 29.3 Å². The maximum atomic E-state index is 14.6. The van der Waals surface area contributed by atoms with Crippen molar-refractivity contribution in [3.05, 3.63) is 142 Å². The van der Waals surface area contributed by atoms with E-state index in [1.54, 1.807) is 65.6 Å². The number of piperidine rings is 1. The van der Waals surface area contributed by atoms with Crippen LogP contribution in [-0.4, -0.2) is 55.8 Å². The SMILES string of the molecule is COc1ccc(CN(Cc2ccc(OC)cc2)S(=O)(=O)c2ncc(C(=O)N3CCC(c4ccc(F)cc4)CC3)c(Nc3ccc(C(F)(F)F)cc3)c2Cl)cc1. The lowest BCUT2D eigenvalue weighted by atomic mass is 9.89. The van der Waals surface area contributed by atoms with Crippen LogP contribution in [0.4, 0.5) is 28.9 Å². The number of carbonyl (C=O) groups excluding carboxylic acids is 1. The molecule has 0 radical (unpaired) electrons. The second kappa shape index (κ2) is 16.7. The summed E-state index contributed by atoms with van der Waals surface area (Å²) in [6.45, 7) is 0.467. The summed E-state index contributed by atoms with van der Waals surface area (Å²) in [7, 11) is -1.49. The van der Waals surface area contributed by atoms with Gasteiger partial charge in [-0.2, -0.15) is 17.5 Å². The Labute approximate surface area is 321 Å². The Hall–Kier alpha value is -5.18. The topological polar surface area (TPSA) is 101 Å². The summed E-state index contributed by atoms with van der Waals surface area (Å²) in [6.07, 6.45) is -2.30. The van der Waals surface area contributed by atoms with Crippen LogP contribution < -0.4 is 14.8 Å². The van der Waals surface area contributed by atoms with Crippen molar-refractivity contribution < 1.29 is 40.2 Å². The molecule has 288 valence electrons. The third kappa shape index (κ3) is 9.21. The predicted octanol–water partition coefficient (Wildman–Crippen LogP) is 9.06. The first-order valence-corrected chi connectivity index (χ1v) is 19.0. The first-order chi connectivity index (χ1) is 26.3. The zero-order valence-electron chi connectivity index (χ0n) is 29.8. The number of ether oxygens (including phenoxy) is 2. The summed E-state index contributed by atoms with van der Waals surface area (Å²) in [6, 6.07) is 24.0. The lowest BCUT2D eigenvalue weighted by Gasteiger charge is -2.33. The van der Waals surface area contributed by atoms with E-state index in [-0.39, 0.29) is 41.8 Å². The highest BCUT2D eigenvalue weighted by atomic mass is 35.5. The van der Waals surface area contributed by atoms with Crippen molar-refractivity contribution in [3.8, 4) is 11.5 Å². The van der Waals surface area contributed by atoms with Gasteiger partial charge in [-0.1, -0.05) is 48.0 Å². The number of alkyl halides is 3. The molecule has 1 aliphatic rings. The molecule has 9 nitrogen and oxygen atoms in total. The average molecular weight is 797 g/mol. The number of anilines is 2. The van der Waals surface area contributed by atoms with E-state index in [1.165, 1.54) is 30.7 Å². The number of sulfonamides is 1. The molecule has 0 aliphatic carbocycles. The zero-order valence-corrected chi connectivity index (χ0v) is 31.4. The van der Waals surface area contributed by atoms with Gasteiger partial charge in [-0.15, -0.1) is 0 Å². The van der Waals surface area contributed by atoms with Crippen LogP contribution >= 0.6 is 11.6 Å². The van der Waals surface area contributed by atoms with E-state index >= 15 is 0 Å². The summed E-state index contributed by atoms with van der Waals surface area (Å²) >= 11 is 6.94. The first-order valence-electron chi connectivity index (χ1n) is 17.2. The van der Waals surface area contributed by atoms with Gasteiger partial charge in [0, 0.05) is 38.1 Å². The monoisotopic (exact) mass is 796 g/mol. The maximum Gasteiger partial charge on any atom is 0.416 e. The Balaban J connectivity index is 1.37. The number of likely N-dealkylation sites (tertiary alicyclic amines) is 1. The van der Waals surface area contributed by atoms with Crippen LogP contribution in [0.1, 0.15) is 51.4 Å². The standard InChI is InChI=1S/C40H37ClF4N4O5S/c1-53-33-15-3-26(4-16-33)24-49(25-27-5-17-34(54-2)18-6-27)55(51,52)38-36(41)37(47-32-13-9-30(10-14-32)40(43,44)45)35(23-46-38)39(50)48-21-19-29(20-22-48)28-7-11-31(42)12-8-28/h3-18,23,29H,19-22,24-25H2,1-2H3,(H,46,47). The molecule has 4 aromatic carbocycles. The summed E-state index contributed by atoms with van der Waals surface area (Å²) in [5.41, 5.74) is 1.25. The van der Waals surface area contributed by atoms with Crippen LogP contribution in [0.2, 0.25) is 5.02 Å². The lowest BCUT2D eigenvalue weighted by Crippen LogP contribution is -2.38. The summed E-state index contributed by atoms with van der Waals surface area (Å²) in [5.74, 6) is 0.405. The number of hydrogen-bond donors (Lipinski definition) is 1. The van der Waals surface area contributed by atoms with Crippen LogP contribution in [0.15, 0.2) is 108 Å². The molecule has 1 saturated heterocycles. The molecule has 2 heterocycles. The van der Waals surface area contributed by atoms with E-state index in [9.17, 15) is 30.8 Å². The number of pyridine rings is 1. The molecule has 0 atom stereocenters. The smallest absolute Gasteiger partial charge is 0.416 e. The minimum atomic E-state index is -4.59. The van der Waals surface area contributed by atoms with Gasteiger partial charge in [0.1, 0.15) is 22.3 Å². The van der Waals surface area contributed by atoms with E-state index in [2.05, 4.69) is 10.3 Å². The van der Waals surface area contributed by atoms with E-state index in [1.807, 2.05) is 0 Å². The Morgan fingerprint density at radius 1 is 0.855 bits per heavy atom. The van der Waals surface area contributed by atoms with Gasteiger partial charge in [0.05, 0.1) is 31.0 Å². The number of rotatable bonds is 12. The van der Waals surface area contributed by atoms with Crippen molar-refractivity contribution in [2.24, 2.45) is 0 Å². The van der Waals surface area contributed by atoms with E-state index in [4.69, 9.17) is 21.1 Å². The second-order valence-electron chi connectivity index (χ2n) is 13.0. The van der Waals surface area contributed by atoms with Crippen molar-refractivity contribution in [3.63, 3.8) is 0 Å². The molecule has 1 aromatic heterocycles. The van der Waals surface area contributed by atoms with Gasteiger partial charge in [-0.05, 0) is 96.1 Å². The largest absolute Gasteiger partial charge is 0.497 e. The molecule has 55 heavy (non-hydrogen) atoms. The van der Waals surface area contributed by atoms with Gasteiger partial charge in [0.15, 0.2) is 5.03 Å². The van der Waals surface area contributed by atoms with Crippen LogP contribution in [0.3, 0.4) is 0 Å². The van der Waals surface area contributed by atoms with E-state index in [0.29, 0.717) is 48.6 Å². The maximum absolute atomic E-state index is 14.6. The zero-order chi connectivity index (χ0) is 39.3. The number of nitrogens with zero attached hydrogens (tertiary/aromatic N) is 3. The molecule has 0 spiro atoms. The number of halogens is 5. The number of aromatic nitrogens is 1. The molecule has 5 aromatic rings. The highest BCUT2D eigenvalue weighted by Gasteiger charge is 2.34. The third-order valence-corrected chi connectivity index (χ3v) is 11.7. The number of nitrogens with one attached hydrogen (secondary N) is 1. The minimum Gasteiger partial charge on any atom is -0.497 e. The molecular formula is C40H37ClF4N4O5S. The van der Waals surface area contributed by atoms with Crippen LogP contribution in [0.25, 0.3) is 0 Å². The van der Waals surface area contributed by atoms with Gasteiger partial charge >= 0.3 is 6.18 Å². The molecule has 1 fully saturated rings. The van der Waals surface area contributed by atoms with Crippen LogP contribution in [0, 0.1) is 5.82 Å². The summed E-state index contributed by atoms with van der Waals surface area (Å²) < 4.78 is 94.6. The molecule has 6 rings (SSSR count). The Morgan fingerprint density at radius 3 is 1.87 bits per heavy atom. The number of benzene rings is 4. The fraction of sp³-hybridized carbons (Fsp3) is 0.250. The first kappa shape index (κ1) is 39.5. The average Bonchev–Trinajstić information content (AvgIpc) is 3.19. The second-order valence-corrected chi connectivity index (χ2v) is 15.2. The molecule has 15 heteroatoms. The summed E-state index contributed by atoms with van der Waals surface area (Å²) in [4.78, 5) is 20.0. The van der Waals surface area contributed by atoms with Gasteiger partial charge in [0.25, 0.3) is 15.9 Å².